The largest absolute Gasteiger partial charge is 0.486 e. The summed E-state index contributed by atoms with van der Waals surface area (Å²) in [5.74, 6) is 1.73. The third kappa shape index (κ3) is 5.60. The minimum Gasteiger partial charge on any atom is -0.486 e. The normalized spacial score (nSPS) is 10.8. The molecule has 1 amide bonds. The first-order chi connectivity index (χ1) is 14.0. The Morgan fingerprint density at radius 1 is 1.14 bits per heavy atom. The number of aromatic nitrogens is 3. The number of thioether (sulfide) groups is 1. The third-order valence-electron chi connectivity index (χ3n) is 4.49. The highest BCUT2D eigenvalue weighted by Gasteiger charge is 2.13. The second-order valence-electron chi connectivity index (χ2n) is 6.92. The molecule has 0 fully saturated rings. The lowest BCUT2D eigenvalue weighted by atomic mass is 10.1. The maximum absolute atomic E-state index is 12.3. The number of nitrogens with one attached hydrogen (secondary N) is 1. The van der Waals surface area contributed by atoms with Crippen LogP contribution in [0.25, 0.3) is 0 Å². The van der Waals surface area contributed by atoms with Crippen molar-refractivity contribution in [3.63, 3.8) is 0 Å². The zero-order valence-corrected chi connectivity index (χ0v) is 18.0. The van der Waals surface area contributed by atoms with Gasteiger partial charge in [0, 0.05) is 12.7 Å². The minimum atomic E-state index is -0.0630. The van der Waals surface area contributed by atoms with E-state index in [-0.39, 0.29) is 11.7 Å². The van der Waals surface area contributed by atoms with Crippen molar-refractivity contribution in [2.45, 2.75) is 39.0 Å². The van der Waals surface area contributed by atoms with Gasteiger partial charge in [0.2, 0.25) is 5.91 Å². The van der Waals surface area contributed by atoms with E-state index < -0.39 is 0 Å². The van der Waals surface area contributed by atoms with E-state index in [1.807, 2.05) is 61.9 Å². The molecule has 0 atom stereocenters. The molecular formula is C22H26N4O2S. The molecule has 0 aliphatic carbocycles. The first-order valence-electron chi connectivity index (χ1n) is 9.56. The van der Waals surface area contributed by atoms with Gasteiger partial charge in [-0.05, 0) is 55.2 Å². The molecule has 2 aromatic carbocycles. The monoisotopic (exact) mass is 410 g/mol. The molecular weight excluding hydrogens is 384 g/mol. The van der Waals surface area contributed by atoms with E-state index in [0.29, 0.717) is 17.6 Å². The number of benzene rings is 2. The fourth-order valence-electron chi connectivity index (χ4n) is 3.03. The van der Waals surface area contributed by atoms with Crippen LogP contribution in [-0.2, 0) is 24.9 Å². The molecule has 7 heteroatoms. The van der Waals surface area contributed by atoms with Gasteiger partial charge in [-0.3, -0.25) is 4.79 Å². The van der Waals surface area contributed by atoms with E-state index in [4.69, 9.17) is 4.74 Å². The SMILES string of the molecule is CCc1ccccc1NC(=O)CSc1nnc(COc2cc(C)cc(C)c2)n1C. The van der Waals surface area contributed by atoms with E-state index in [2.05, 4.69) is 28.5 Å². The van der Waals surface area contributed by atoms with Gasteiger partial charge in [-0.15, -0.1) is 10.2 Å². The summed E-state index contributed by atoms with van der Waals surface area (Å²) < 4.78 is 7.73. The third-order valence-corrected chi connectivity index (χ3v) is 5.51. The summed E-state index contributed by atoms with van der Waals surface area (Å²) in [6.45, 7) is 6.48. The van der Waals surface area contributed by atoms with Crippen LogP contribution in [0.2, 0.25) is 0 Å². The summed E-state index contributed by atoms with van der Waals surface area (Å²) in [6, 6.07) is 13.9. The molecule has 1 N–H and O–H groups in total. The van der Waals surface area contributed by atoms with Crippen LogP contribution < -0.4 is 10.1 Å². The number of amides is 1. The maximum atomic E-state index is 12.3. The van der Waals surface area contributed by atoms with Gasteiger partial charge in [0.25, 0.3) is 0 Å². The van der Waals surface area contributed by atoms with Crippen molar-refractivity contribution in [2.75, 3.05) is 11.1 Å². The molecule has 1 aromatic heterocycles. The second kappa shape index (κ2) is 9.60. The number of carbonyl (C=O) groups is 1. The number of ether oxygens (including phenoxy) is 1. The Balaban J connectivity index is 1.56. The van der Waals surface area contributed by atoms with Gasteiger partial charge in [0.05, 0.1) is 5.75 Å². The van der Waals surface area contributed by atoms with Crippen LogP contribution in [0, 0.1) is 13.8 Å². The molecule has 0 spiro atoms. The molecule has 0 aliphatic heterocycles. The number of anilines is 1. The predicted molar refractivity (Wildman–Crippen MR) is 116 cm³/mol. The molecule has 0 radical (unpaired) electrons. The molecule has 29 heavy (non-hydrogen) atoms. The van der Waals surface area contributed by atoms with Gasteiger partial charge >= 0.3 is 0 Å². The highest BCUT2D eigenvalue weighted by atomic mass is 32.2. The van der Waals surface area contributed by atoms with Crippen molar-refractivity contribution in [1.82, 2.24) is 14.8 Å². The summed E-state index contributed by atoms with van der Waals surface area (Å²) in [6.07, 6.45) is 0.872. The van der Waals surface area contributed by atoms with E-state index in [1.54, 1.807) is 0 Å². The summed E-state index contributed by atoms with van der Waals surface area (Å²) in [5.41, 5.74) is 4.30. The van der Waals surface area contributed by atoms with Crippen molar-refractivity contribution < 1.29 is 9.53 Å². The van der Waals surface area contributed by atoms with Crippen LogP contribution in [0.1, 0.15) is 29.4 Å². The Morgan fingerprint density at radius 3 is 2.59 bits per heavy atom. The lowest BCUT2D eigenvalue weighted by molar-refractivity contribution is -0.113. The lowest BCUT2D eigenvalue weighted by Crippen LogP contribution is -2.15. The average molecular weight is 411 g/mol. The van der Waals surface area contributed by atoms with Crippen molar-refractivity contribution in [1.29, 1.82) is 0 Å². The molecule has 3 aromatic rings. The van der Waals surface area contributed by atoms with Crippen LogP contribution in [0.15, 0.2) is 47.6 Å². The molecule has 0 unspecified atom stereocenters. The van der Waals surface area contributed by atoms with Gasteiger partial charge in [-0.25, -0.2) is 0 Å². The van der Waals surface area contributed by atoms with Crippen LogP contribution in [0.4, 0.5) is 5.69 Å². The number of hydrogen-bond acceptors (Lipinski definition) is 5. The Morgan fingerprint density at radius 2 is 1.86 bits per heavy atom. The summed E-state index contributed by atoms with van der Waals surface area (Å²) in [5, 5.41) is 12.0. The first-order valence-corrected chi connectivity index (χ1v) is 10.5. The van der Waals surface area contributed by atoms with Crippen molar-refractivity contribution in [3.8, 4) is 5.75 Å². The molecule has 0 bridgehead atoms. The molecule has 3 rings (SSSR count). The average Bonchev–Trinajstić information content (AvgIpc) is 3.04. The fraction of sp³-hybridized carbons (Fsp3) is 0.318. The van der Waals surface area contributed by atoms with Crippen LogP contribution >= 0.6 is 11.8 Å². The Hall–Kier alpha value is -2.80. The zero-order chi connectivity index (χ0) is 20.8. The Bertz CT molecular complexity index is 980. The van der Waals surface area contributed by atoms with Gasteiger partial charge in [0.1, 0.15) is 12.4 Å². The van der Waals surface area contributed by atoms with Gasteiger partial charge in [0.15, 0.2) is 11.0 Å². The molecule has 0 saturated carbocycles. The Kier molecular flexibility index (Phi) is 6.93. The van der Waals surface area contributed by atoms with Crippen molar-refractivity contribution in [3.05, 3.63) is 65.0 Å². The van der Waals surface area contributed by atoms with Crippen molar-refractivity contribution in [2.24, 2.45) is 7.05 Å². The standard InChI is InChI=1S/C22H26N4O2S/c1-5-17-8-6-7-9-19(17)23-21(27)14-29-22-25-24-20(26(22)4)13-28-18-11-15(2)10-16(3)12-18/h6-12H,5,13-14H2,1-4H3,(H,23,27). The van der Waals surface area contributed by atoms with Crippen molar-refractivity contribution >= 4 is 23.4 Å². The van der Waals surface area contributed by atoms with Gasteiger partial charge in [-0.2, -0.15) is 0 Å². The molecule has 1 heterocycles. The van der Waals surface area contributed by atoms with Crippen LogP contribution in [0.5, 0.6) is 5.75 Å². The topological polar surface area (TPSA) is 69.0 Å². The van der Waals surface area contributed by atoms with E-state index >= 15 is 0 Å². The number of aryl methyl sites for hydroxylation is 3. The number of carbonyl (C=O) groups excluding carboxylic acids is 1. The number of rotatable bonds is 8. The predicted octanol–water partition coefficient (Wildman–Crippen LogP) is 4.30. The van der Waals surface area contributed by atoms with E-state index in [1.165, 1.54) is 11.8 Å². The number of para-hydroxylation sites is 1. The van der Waals surface area contributed by atoms with Crippen LogP contribution in [0.3, 0.4) is 0 Å². The summed E-state index contributed by atoms with van der Waals surface area (Å²) >= 11 is 1.36. The summed E-state index contributed by atoms with van der Waals surface area (Å²) in [7, 11) is 1.88. The highest BCUT2D eigenvalue weighted by molar-refractivity contribution is 7.99. The zero-order valence-electron chi connectivity index (χ0n) is 17.2. The van der Waals surface area contributed by atoms with Gasteiger partial charge < -0.3 is 14.6 Å². The fourth-order valence-corrected chi connectivity index (χ4v) is 3.76. The van der Waals surface area contributed by atoms with E-state index in [9.17, 15) is 4.79 Å². The smallest absolute Gasteiger partial charge is 0.234 e. The molecule has 0 saturated heterocycles. The molecule has 6 nitrogen and oxygen atoms in total. The number of hydrogen-bond donors (Lipinski definition) is 1. The van der Waals surface area contributed by atoms with E-state index in [0.717, 1.165) is 34.5 Å². The minimum absolute atomic E-state index is 0.0630. The van der Waals surface area contributed by atoms with Gasteiger partial charge in [-0.1, -0.05) is 43.0 Å². The Labute approximate surface area is 175 Å². The second-order valence-corrected chi connectivity index (χ2v) is 7.86. The highest BCUT2D eigenvalue weighted by Crippen LogP contribution is 2.20. The summed E-state index contributed by atoms with van der Waals surface area (Å²) in [4.78, 5) is 12.3. The molecule has 0 aliphatic rings. The van der Waals surface area contributed by atoms with Crippen LogP contribution in [-0.4, -0.2) is 26.4 Å². The quantitative estimate of drug-likeness (QED) is 0.561. The first kappa shape index (κ1) is 20.9. The maximum Gasteiger partial charge on any atom is 0.234 e. The number of nitrogens with zero attached hydrogens (tertiary/aromatic N) is 3. The lowest BCUT2D eigenvalue weighted by Gasteiger charge is -2.10. The molecule has 152 valence electrons.